The highest BCUT2D eigenvalue weighted by Gasteiger charge is 2.32. The first-order chi connectivity index (χ1) is 14.7. The van der Waals surface area contributed by atoms with Crippen molar-refractivity contribution in [2.45, 2.75) is 50.4 Å². The molecule has 6 heteroatoms. The van der Waals surface area contributed by atoms with Gasteiger partial charge in [0.1, 0.15) is 5.37 Å². The third-order valence-corrected chi connectivity index (χ3v) is 6.87. The SMILES string of the molecule is O=C(NN=C1CCCCCC1)c1ccc([C@@H]2SCC(=O)N2Cc2ccccc2)cc1. The summed E-state index contributed by atoms with van der Waals surface area (Å²) in [5, 5.41) is 4.32. The van der Waals surface area contributed by atoms with E-state index in [2.05, 4.69) is 10.5 Å². The smallest absolute Gasteiger partial charge is 0.271 e. The second-order valence-electron chi connectivity index (χ2n) is 7.83. The van der Waals surface area contributed by atoms with E-state index in [4.69, 9.17) is 0 Å². The topological polar surface area (TPSA) is 61.8 Å². The molecule has 1 aliphatic carbocycles. The van der Waals surface area contributed by atoms with Crippen molar-refractivity contribution in [1.29, 1.82) is 0 Å². The van der Waals surface area contributed by atoms with Gasteiger partial charge in [0.15, 0.2) is 0 Å². The summed E-state index contributed by atoms with van der Waals surface area (Å²) in [6, 6.07) is 17.6. The van der Waals surface area contributed by atoms with Crippen LogP contribution in [0.5, 0.6) is 0 Å². The van der Waals surface area contributed by atoms with E-state index < -0.39 is 0 Å². The van der Waals surface area contributed by atoms with Crippen molar-refractivity contribution >= 4 is 29.3 Å². The van der Waals surface area contributed by atoms with Crippen LogP contribution in [0.2, 0.25) is 0 Å². The minimum Gasteiger partial charge on any atom is -0.322 e. The summed E-state index contributed by atoms with van der Waals surface area (Å²) < 4.78 is 0. The Balaban J connectivity index is 1.41. The molecule has 2 amide bonds. The maximum Gasteiger partial charge on any atom is 0.271 e. The second kappa shape index (κ2) is 9.94. The van der Waals surface area contributed by atoms with Crippen LogP contribution in [0.25, 0.3) is 0 Å². The number of hydrogen-bond donors (Lipinski definition) is 1. The Morgan fingerprint density at radius 3 is 2.40 bits per heavy atom. The molecule has 2 fully saturated rings. The molecule has 1 saturated heterocycles. The molecular formula is C24H27N3O2S. The van der Waals surface area contributed by atoms with Crippen molar-refractivity contribution < 1.29 is 9.59 Å². The van der Waals surface area contributed by atoms with Crippen LogP contribution in [0, 0.1) is 0 Å². The van der Waals surface area contributed by atoms with Crippen LogP contribution < -0.4 is 5.43 Å². The summed E-state index contributed by atoms with van der Waals surface area (Å²) in [5.74, 6) is 0.446. The molecule has 1 heterocycles. The molecule has 0 unspecified atom stereocenters. The first kappa shape index (κ1) is 20.7. The summed E-state index contributed by atoms with van der Waals surface area (Å²) in [6.07, 6.45) is 6.75. The van der Waals surface area contributed by atoms with Gasteiger partial charge in [0.2, 0.25) is 5.91 Å². The van der Waals surface area contributed by atoms with Crippen LogP contribution >= 0.6 is 11.8 Å². The number of nitrogens with one attached hydrogen (secondary N) is 1. The number of thioether (sulfide) groups is 1. The summed E-state index contributed by atoms with van der Waals surface area (Å²) in [4.78, 5) is 26.8. The number of rotatable bonds is 5. The fraction of sp³-hybridized carbons (Fsp3) is 0.375. The average molecular weight is 422 g/mol. The van der Waals surface area contributed by atoms with E-state index >= 15 is 0 Å². The molecule has 1 N–H and O–H groups in total. The number of carbonyl (C=O) groups excluding carboxylic acids is 2. The summed E-state index contributed by atoms with van der Waals surface area (Å²) in [5.41, 5.74) is 6.54. The van der Waals surface area contributed by atoms with Crippen LogP contribution in [0.4, 0.5) is 0 Å². The number of carbonyl (C=O) groups is 2. The summed E-state index contributed by atoms with van der Waals surface area (Å²) in [7, 11) is 0. The fourth-order valence-corrected chi connectivity index (χ4v) is 5.11. The Morgan fingerprint density at radius 1 is 1.00 bits per heavy atom. The van der Waals surface area contributed by atoms with Crippen molar-refractivity contribution in [3.8, 4) is 0 Å². The Morgan fingerprint density at radius 2 is 1.70 bits per heavy atom. The van der Waals surface area contributed by atoms with E-state index in [0.29, 0.717) is 17.9 Å². The lowest BCUT2D eigenvalue weighted by molar-refractivity contribution is -0.128. The van der Waals surface area contributed by atoms with Crippen molar-refractivity contribution in [1.82, 2.24) is 10.3 Å². The van der Waals surface area contributed by atoms with E-state index in [1.807, 2.05) is 59.5 Å². The van der Waals surface area contributed by atoms with Crippen molar-refractivity contribution in [2.75, 3.05) is 5.75 Å². The maximum atomic E-state index is 12.5. The Hall–Kier alpha value is -2.60. The molecular weight excluding hydrogens is 394 g/mol. The van der Waals surface area contributed by atoms with Crippen LogP contribution in [0.3, 0.4) is 0 Å². The molecule has 1 aliphatic heterocycles. The number of benzene rings is 2. The number of nitrogens with zero attached hydrogens (tertiary/aromatic N) is 2. The van der Waals surface area contributed by atoms with Gasteiger partial charge in [-0.3, -0.25) is 9.59 Å². The van der Waals surface area contributed by atoms with Crippen LogP contribution in [-0.4, -0.2) is 28.2 Å². The standard InChI is InChI=1S/C24H27N3O2S/c28-22-17-30-24(27(22)16-18-8-4-3-5-9-18)20-14-12-19(13-15-20)23(29)26-25-21-10-6-1-2-7-11-21/h3-5,8-9,12-15,24H,1-2,6-7,10-11,16-17H2,(H,26,29)/t24-/m0/s1. The van der Waals surface area contributed by atoms with E-state index in [-0.39, 0.29) is 17.2 Å². The molecule has 0 aromatic heterocycles. The molecule has 2 aliphatic rings. The molecule has 156 valence electrons. The fourth-order valence-electron chi connectivity index (χ4n) is 3.92. The maximum absolute atomic E-state index is 12.5. The summed E-state index contributed by atoms with van der Waals surface area (Å²) >= 11 is 1.63. The molecule has 5 nitrogen and oxygen atoms in total. The highest BCUT2D eigenvalue weighted by molar-refractivity contribution is 8.00. The van der Waals surface area contributed by atoms with Gasteiger partial charge in [-0.05, 0) is 48.9 Å². The molecule has 2 aromatic rings. The van der Waals surface area contributed by atoms with Gasteiger partial charge in [0.25, 0.3) is 5.91 Å². The highest BCUT2D eigenvalue weighted by Crippen LogP contribution is 2.39. The van der Waals surface area contributed by atoms with Crippen LogP contribution in [-0.2, 0) is 11.3 Å². The Bertz CT molecular complexity index is 902. The Kier molecular flexibility index (Phi) is 6.84. The van der Waals surface area contributed by atoms with E-state index in [1.165, 1.54) is 12.8 Å². The van der Waals surface area contributed by atoms with E-state index in [1.54, 1.807) is 11.8 Å². The summed E-state index contributed by atoms with van der Waals surface area (Å²) in [6.45, 7) is 0.594. The quantitative estimate of drug-likeness (QED) is 0.552. The lowest BCUT2D eigenvalue weighted by Crippen LogP contribution is -2.27. The molecule has 0 radical (unpaired) electrons. The lowest BCUT2D eigenvalue weighted by atomic mass is 10.1. The zero-order valence-electron chi connectivity index (χ0n) is 17.0. The number of hydrazone groups is 1. The minimum absolute atomic E-state index is 0.0268. The monoisotopic (exact) mass is 421 g/mol. The van der Waals surface area contributed by atoms with Gasteiger partial charge in [0, 0.05) is 17.8 Å². The normalized spacial score (nSPS) is 19.5. The predicted octanol–water partition coefficient (Wildman–Crippen LogP) is 4.90. The van der Waals surface area contributed by atoms with Crippen molar-refractivity contribution in [3.63, 3.8) is 0 Å². The number of hydrogen-bond acceptors (Lipinski definition) is 4. The second-order valence-corrected chi connectivity index (χ2v) is 8.89. The van der Waals surface area contributed by atoms with Crippen LogP contribution in [0.1, 0.15) is 65.4 Å². The van der Waals surface area contributed by atoms with Gasteiger partial charge >= 0.3 is 0 Å². The van der Waals surface area contributed by atoms with Gasteiger partial charge in [0.05, 0.1) is 5.75 Å². The molecule has 1 atom stereocenters. The van der Waals surface area contributed by atoms with E-state index in [0.717, 1.165) is 42.5 Å². The highest BCUT2D eigenvalue weighted by atomic mass is 32.2. The predicted molar refractivity (Wildman–Crippen MR) is 121 cm³/mol. The zero-order valence-corrected chi connectivity index (χ0v) is 17.9. The Labute approximate surface area is 181 Å². The van der Waals surface area contributed by atoms with Gasteiger partial charge < -0.3 is 4.90 Å². The molecule has 0 spiro atoms. The van der Waals surface area contributed by atoms with Crippen LogP contribution in [0.15, 0.2) is 59.7 Å². The molecule has 0 bridgehead atoms. The average Bonchev–Trinajstić information content (AvgIpc) is 2.97. The third-order valence-electron chi connectivity index (χ3n) is 5.62. The largest absolute Gasteiger partial charge is 0.322 e. The van der Waals surface area contributed by atoms with Crippen molar-refractivity contribution in [3.05, 3.63) is 71.3 Å². The first-order valence-corrected chi connectivity index (χ1v) is 11.7. The first-order valence-electron chi connectivity index (χ1n) is 10.6. The molecule has 1 saturated carbocycles. The number of amides is 2. The lowest BCUT2D eigenvalue weighted by Gasteiger charge is -2.24. The van der Waals surface area contributed by atoms with Crippen molar-refractivity contribution in [2.24, 2.45) is 5.10 Å². The van der Waals surface area contributed by atoms with E-state index in [9.17, 15) is 9.59 Å². The van der Waals surface area contributed by atoms with Gasteiger partial charge in [-0.1, -0.05) is 55.3 Å². The van der Waals surface area contributed by atoms with Gasteiger partial charge in [-0.2, -0.15) is 5.10 Å². The minimum atomic E-state index is -0.186. The van der Waals surface area contributed by atoms with Gasteiger partial charge in [-0.25, -0.2) is 5.43 Å². The third kappa shape index (κ3) is 5.11. The molecule has 4 rings (SSSR count). The molecule has 30 heavy (non-hydrogen) atoms. The zero-order chi connectivity index (χ0) is 20.8. The molecule has 2 aromatic carbocycles. The van der Waals surface area contributed by atoms with Gasteiger partial charge in [-0.15, -0.1) is 11.8 Å².